The van der Waals surface area contributed by atoms with Crippen molar-refractivity contribution < 1.29 is 8.60 Å². The molecule has 1 aliphatic heterocycles. The number of hydrogen-bond donors (Lipinski definition) is 1. The molecule has 1 aliphatic rings. The summed E-state index contributed by atoms with van der Waals surface area (Å²) in [6.07, 6.45) is 5.36. The van der Waals surface area contributed by atoms with Crippen LogP contribution in [0.3, 0.4) is 0 Å². The summed E-state index contributed by atoms with van der Waals surface area (Å²) in [4.78, 5) is 0. The van der Waals surface area contributed by atoms with Crippen molar-refractivity contribution >= 4 is 10.8 Å². The van der Waals surface area contributed by atoms with Crippen molar-refractivity contribution in [3.8, 4) is 0 Å². The molecule has 1 atom stereocenters. The van der Waals surface area contributed by atoms with Crippen molar-refractivity contribution in [2.45, 2.75) is 51.1 Å². The van der Waals surface area contributed by atoms with Crippen LogP contribution in [-0.2, 0) is 10.8 Å². The Bertz CT molecular complexity index is 425. The first-order valence-corrected chi connectivity index (χ1v) is 9.04. The summed E-state index contributed by atoms with van der Waals surface area (Å²) in [5.74, 6) is 1.43. The van der Waals surface area contributed by atoms with Crippen molar-refractivity contribution in [2.24, 2.45) is 0 Å². The van der Waals surface area contributed by atoms with Gasteiger partial charge in [0, 0.05) is 34.4 Å². The Morgan fingerprint density at radius 2 is 1.95 bits per heavy atom. The Labute approximate surface area is 123 Å². The number of rotatable bonds is 6. The maximum atomic E-state index is 13.0. The number of unbranched alkanes of at least 4 members (excludes halogenated alkanes) is 1. The molecule has 1 aromatic carbocycles. The van der Waals surface area contributed by atoms with Crippen LogP contribution in [0.5, 0.6) is 0 Å². The number of hydrogen-bond acceptors (Lipinski definition) is 2. The third-order valence-corrected chi connectivity index (χ3v) is 5.33. The van der Waals surface area contributed by atoms with Crippen LogP contribution >= 0.6 is 0 Å². The van der Waals surface area contributed by atoms with E-state index >= 15 is 0 Å². The molecule has 2 nitrogen and oxygen atoms in total. The summed E-state index contributed by atoms with van der Waals surface area (Å²) in [6.45, 7) is 2.19. The fourth-order valence-corrected chi connectivity index (χ4v) is 3.99. The van der Waals surface area contributed by atoms with Gasteiger partial charge in [-0.25, -0.2) is 4.39 Å². The molecule has 1 fully saturated rings. The molecule has 0 bridgehead atoms. The Kier molecular flexibility index (Phi) is 6.17. The van der Waals surface area contributed by atoms with Crippen molar-refractivity contribution in [3.05, 3.63) is 35.6 Å². The highest BCUT2D eigenvalue weighted by Gasteiger charge is 2.21. The lowest BCUT2D eigenvalue weighted by atomic mass is 9.99. The Hall–Kier alpha value is -0.740. The molecule has 1 saturated heterocycles. The smallest absolute Gasteiger partial charge is 0.123 e. The van der Waals surface area contributed by atoms with Gasteiger partial charge in [-0.2, -0.15) is 0 Å². The topological polar surface area (TPSA) is 29.1 Å². The molecule has 112 valence electrons. The van der Waals surface area contributed by atoms with Crippen molar-refractivity contribution in [2.75, 3.05) is 11.5 Å². The van der Waals surface area contributed by atoms with Crippen molar-refractivity contribution in [3.63, 3.8) is 0 Å². The fraction of sp³-hybridized carbons (Fsp3) is 0.625. The van der Waals surface area contributed by atoms with Gasteiger partial charge < -0.3 is 5.32 Å². The molecule has 1 unspecified atom stereocenters. The van der Waals surface area contributed by atoms with Crippen LogP contribution in [-0.4, -0.2) is 21.8 Å². The summed E-state index contributed by atoms with van der Waals surface area (Å²) < 4.78 is 24.5. The molecule has 20 heavy (non-hydrogen) atoms. The van der Waals surface area contributed by atoms with E-state index in [0.29, 0.717) is 6.04 Å². The van der Waals surface area contributed by atoms with E-state index in [1.54, 1.807) is 0 Å². The van der Waals surface area contributed by atoms with E-state index in [0.717, 1.165) is 49.2 Å². The Morgan fingerprint density at radius 1 is 1.30 bits per heavy atom. The van der Waals surface area contributed by atoms with E-state index in [1.807, 2.05) is 12.1 Å². The van der Waals surface area contributed by atoms with Gasteiger partial charge >= 0.3 is 0 Å². The first-order chi connectivity index (χ1) is 9.69. The molecule has 0 radical (unpaired) electrons. The molecule has 1 N–H and O–H groups in total. The molecule has 4 heteroatoms. The molecule has 0 saturated carbocycles. The average molecular weight is 297 g/mol. The third kappa shape index (κ3) is 4.67. The van der Waals surface area contributed by atoms with Crippen LogP contribution in [0.15, 0.2) is 24.3 Å². The van der Waals surface area contributed by atoms with Crippen molar-refractivity contribution in [1.82, 2.24) is 5.32 Å². The normalized spacial score (nSPS) is 24.5. The van der Waals surface area contributed by atoms with Crippen LogP contribution < -0.4 is 5.32 Å². The standard InChI is InChI=1S/C16H24FNOS/c1-2-3-4-16(13-5-7-14(17)8-6-13)18-15-9-11-20(19)12-10-15/h5-8,15-16,18H,2-4,9-12H2,1H3. The van der Waals surface area contributed by atoms with E-state index in [-0.39, 0.29) is 11.9 Å². The highest BCUT2D eigenvalue weighted by molar-refractivity contribution is 7.85. The Morgan fingerprint density at radius 3 is 2.55 bits per heavy atom. The lowest BCUT2D eigenvalue weighted by Crippen LogP contribution is -2.38. The molecule has 0 aliphatic carbocycles. The van der Waals surface area contributed by atoms with Crippen molar-refractivity contribution in [1.29, 1.82) is 0 Å². The molecule has 0 amide bonds. The van der Waals surface area contributed by atoms with Gasteiger partial charge in [-0.3, -0.25) is 4.21 Å². The van der Waals surface area contributed by atoms with Crippen LogP contribution in [0.2, 0.25) is 0 Å². The maximum absolute atomic E-state index is 13.0. The lowest BCUT2D eigenvalue weighted by molar-refractivity contribution is 0.387. The molecular formula is C16H24FNOS. The van der Waals surface area contributed by atoms with Gasteiger partial charge in [0.2, 0.25) is 0 Å². The third-order valence-electron chi connectivity index (χ3n) is 3.94. The summed E-state index contributed by atoms with van der Waals surface area (Å²) in [6, 6.07) is 7.55. The van der Waals surface area contributed by atoms with Gasteiger partial charge in [-0.15, -0.1) is 0 Å². The second kappa shape index (κ2) is 7.89. The van der Waals surface area contributed by atoms with Crippen LogP contribution in [0.25, 0.3) is 0 Å². The number of benzene rings is 1. The van der Waals surface area contributed by atoms with Gasteiger partial charge in [0.15, 0.2) is 0 Å². The monoisotopic (exact) mass is 297 g/mol. The van der Waals surface area contributed by atoms with Crippen LogP contribution in [0, 0.1) is 5.82 Å². The van der Waals surface area contributed by atoms with Gasteiger partial charge in [0.25, 0.3) is 0 Å². The quantitative estimate of drug-likeness (QED) is 0.870. The second-order valence-corrected chi connectivity index (χ2v) is 7.23. The molecule has 0 spiro atoms. The summed E-state index contributed by atoms with van der Waals surface area (Å²) in [5.41, 5.74) is 1.16. The molecule has 1 heterocycles. The zero-order valence-electron chi connectivity index (χ0n) is 12.1. The van der Waals surface area contributed by atoms with Crippen LogP contribution in [0.1, 0.15) is 50.6 Å². The average Bonchev–Trinajstić information content (AvgIpc) is 2.46. The van der Waals surface area contributed by atoms with Gasteiger partial charge in [-0.05, 0) is 37.0 Å². The molecule has 1 aromatic rings. The number of nitrogens with one attached hydrogen (secondary N) is 1. The zero-order valence-corrected chi connectivity index (χ0v) is 12.9. The van der Waals surface area contributed by atoms with E-state index < -0.39 is 10.8 Å². The highest BCUT2D eigenvalue weighted by Crippen LogP contribution is 2.23. The predicted molar refractivity (Wildman–Crippen MR) is 82.7 cm³/mol. The fourth-order valence-electron chi connectivity index (χ4n) is 2.69. The van der Waals surface area contributed by atoms with Gasteiger partial charge in [-0.1, -0.05) is 31.9 Å². The minimum Gasteiger partial charge on any atom is -0.307 e. The van der Waals surface area contributed by atoms with E-state index in [4.69, 9.17) is 0 Å². The molecule has 0 aromatic heterocycles. The highest BCUT2D eigenvalue weighted by atomic mass is 32.2. The summed E-state index contributed by atoms with van der Waals surface area (Å²) >= 11 is 0. The molecular weight excluding hydrogens is 273 g/mol. The second-order valence-electron chi connectivity index (χ2n) is 5.54. The SMILES string of the molecule is CCCCC(NC1CCS(=O)CC1)c1ccc(F)cc1. The minimum atomic E-state index is -0.618. The first-order valence-electron chi connectivity index (χ1n) is 7.55. The summed E-state index contributed by atoms with van der Waals surface area (Å²) in [7, 11) is -0.618. The minimum absolute atomic E-state index is 0.184. The van der Waals surface area contributed by atoms with E-state index in [1.165, 1.54) is 12.1 Å². The predicted octanol–water partition coefficient (Wildman–Crippen LogP) is 3.56. The first kappa shape index (κ1) is 15.6. The summed E-state index contributed by atoms with van der Waals surface area (Å²) in [5, 5.41) is 3.69. The Balaban J connectivity index is 1.99. The maximum Gasteiger partial charge on any atom is 0.123 e. The lowest BCUT2D eigenvalue weighted by Gasteiger charge is -2.28. The van der Waals surface area contributed by atoms with Gasteiger partial charge in [0.1, 0.15) is 5.82 Å². The zero-order chi connectivity index (χ0) is 14.4. The van der Waals surface area contributed by atoms with Gasteiger partial charge in [0.05, 0.1) is 0 Å². The largest absolute Gasteiger partial charge is 0.307 e. The van der Waals surface area contributed by atoms with Crippen LogP contribution in [0.4, 0.5) is 4.39 Å². The number of halogens is 1. The van der Waals surface area contributed by atoms with E-state index in [2.05, 4.69) is 12.2 Å². The van der Waals surface area contributed by atoms with E-state index in [9.17, 15) is 8.60 Å². The molecule has 2 rings (SSSR count).